The number of carboxylic acid groups (broad SMARTS) is 1. The average molecular weight is 256 g/mol. The molecule has 5 nitrogen and oxygen atoms in total. The second-order valence-electron chi connectivity index (χ2n) is 4.84. The molecule has 0 fully saturated rings. The number of rotatable bonds is 3. The van der Waals surface area contributed by atoms with Crippen molar-refractivity contribution in [2.75, 3.05) is 13.6 Å². The SMILES string of the molecule is CN(CC(=O)O)C(=O)c1scnc1C(C)(C)C. The fraction of sp³-hybridized carbons (Fsp3) is 0.545. The molecule has 1 aromatic heterocycles. The molecular formula is C11H16N2O3S. The molecule has 0 radical (unpaired) electrons. The number of carbonyl (C=O) groups excluding carboxylic acids is 1. The van der Waals surface area contributed by atoms with E-state index in [1.54, 1.807) is 5.51 Å². The molecule has 0 unspecified atom stereocenters. The highest BCUT2D eigenvalue weighted by molar-refractivity contribution is 7.11. The Kier molecular flexibility index (Phi) is 3.87. The van der Waals surface area contributed by atoms with Gasteiger partial charge in [-0.3, -0.25) is 9.59 Å². The first-order chi connectivity index (χ1) is 7.73. The molecule has 0 spiro atoms. The van der Waals surface area contributed by atoms with Crippen LogP contribution in [0, 0.1) is 0 Å². The molecule has 0 aliphatic rings. The third-order valence-electron chi connectivity index (χ3n) is 2.19. The molecule has 1 rings (SSSR count). The van der Waals surface area contributed by atoms with E-state index in [4.69, 9.17) is 5.11 Å². The van der Waals surface area contributed by atoms with Gasteiger partial charge in [0.05, 0.1) is 11.2 Å². The van der Waals surface area contributed by atoms with E-state index >= 15 is 0 Å². The topological polar surface area (TPSA) is 70.5 Å². The fourth-order valence-corrected chi connectivity index (χ4v) is 2.37. The summed E-state index contributed by atoms with van der Waals surface area (Å²) in [4.78, 5) is 28.5. The summed E-state index contributed by atoms with van der Waals surface area (Å²) in [6.07, 6.45) is 0. The minimum absolute atomic E-state index is 0.227. The number of likely N-dealkylation sites (N-methyl/N-ethyl adjacent to an activating group) is 1. The summed E-state index contributed by atoms with van der Waals surface area (Å²) in [5, 5.41) is 8.65. The summed E-state index contributed by atoms with van der Waals surface area (Å²) in [6.45, 7) is 5.60. The standard InChI is InChI=1S/C11H16N2O3S/c1-11(2,3)9-8(17-6-12-9)10(16)13(4)5-7(14)15/h6H,5H2,1-4H3,(H,14,15). The summed E-state index contributed by atoms with van der Waals surface area (Å²) >= 11 is 1.24. The molecule has 0 aliphatic carbocycles. The molecule has 0 aliphatic heterocycles. The lowest BCUT2D eigenvalue weighted by atomic mass is 9.91. The molecule has 0 aromatic carbocycles. The van der Waals surface area contributed by atoms with E-state index in [0.29, 0.717) is 10.6 Å². The number of nitrogens with zero attached hydrogens (tertiary/aromatic N) is 2. The third kappa shape index (κ3) is 3.26. The van der Waals surface area contributed by atoms with Crippen molar-refractivity contribution in [1.82, 2.24) is 9.88 Å². The van der Waals surface area contributed by atoms with Gasteiger partial charge in [-0.15, -0.1) is 11.3 Å². The van der Waals surface area contributed by atoms with Gasteiger partial charge in [-0.25, -0.2) is 4.98 Å². The lowest BCUT2D eigenvalue weighted by Gasteiger charge is -2.19. The third-order valence-corrected chi connectivity index (χ3v) is 3.01. The van der Waals surface area contributed by atoms with E-state index in [0.717, 1.165) is 0 Å². The molecule has 1 amide bonds. The summed E-state index contributed by atoms with van der Waals surface area (Å²) in [5.41, 5.74) is 2.10. The van der Waals surface area contributed by atoms with E-state index in [2.05, 4.69) is 4.98 Å². The van der Waals surface area contributed by atoms with Crippen molar-refractivity contribution in [2.24, 2.45) is 0 Å². The molecular weight excluding hydrogens is 240 g/mol. The van der Waals surface area contributed by atoms with Crippen LogP contribution >= 0.6 is 11.3 Å². The number of amides is 1. The summed E-state index contributed by atoms with van der Waals surface area (Å²) in [6, 6.07) is 0. The van der Waals surface area contributed by atoms with Crippen LogP contribution in [-0.4, -0.2) is 40.5 Å². The first-order valence-electron chi connectivity index (χ1n) is 5.14. The van der Waals surface area contributed by atoms with Gasteiger partial charge in [0.1, 0.15) is 11.4 Å². The highest BCUT2D eigenvalue weighted by Gasteiger charge is 2.27. The Morgan fingerprint density at radius 3 is 2.53 bits per heavy atom. The zero-order chi connectivity index (χ0) is 13.2. The normalized spacial score (nSPS) is 11.3. The van der Waals surface area contributed by atoms with Gasteiger partial charge in [-0.05, 0) is 0 Å². The molecule has 94 valence electrons. The molecule has 0 saturated carbocycles. The average Bonchev–Trinajstić information content (AvgIpc) is 2.62. The molecule has 1 heterocycles. The molecule has 6 heteroatoms. The van der Waals surface area contributed by atoms with Crippen molar-refractivity contribution < 1.29 is 14.7 Å². The van der Waals surface area contributed by atoms with E-state index in [9.17, 15) is 9.59 Å². The van der Waals surface area contributed by atoms with Gasteiger partial charge in [0.15, 0.2) is 0 Å². The monoisotopic (exact) mass is 256 g/mol. The highest BCUT2D eigenvalue weighted by atomic mass is 32.1. The van der Waals surface area contributed by atoms with Crippen molar-refractivity contribution in [1.29, 1.82) is 0 Å². The molecule has 1 N–H and O–H groups in total. The van der Waals surface area contributed by atoms with Crippen molar-refractivity contribution in [2.45, 2.75) is 26.2 Å². The number of aliphatic carboxylic acids is 1. The number of hydrogen-bond donors (Lipinski definition) is 1. The van der Waals surface area contributed by atoms with E-state index < -0.39 is 5.97 Å². The number of carboxylic acids is 1. The Balaban J connectivity index is 2.98. The minimum atomic E-state index is -1.03. The van der Waals surface area contributed by atoms with Crippen LogP contribution in [0.15, 0.2) is 5.51 Å². The van der Waals surface area contributed by atoms with Gasteiger partial charge in [-0.2, -0.15) is 0 Å². The summed E-state index contributed by atoms with van der Waals surface area (Å²) < 4.78 is 0. The second kappa shape index (κ2) is 4.83. The van der Waals surface area contributed by atoms with Gasteiger partial charge >= 0.3 is 5.97 Å². The molecule has 17 heavy (non-hydrogen) atoms. The van der Waals surface area contributed by atoms with Gasteiger partial charge in [0, 0.05) is 12.5 Å². The van der Waals surface area contributed by atoms with Crippen LogP contribution in [-0.2, 0) is 10.2 Å². The lowest BCUT2D eigenvalue weighted by molar-refractivity contribution is -0.137. The highest BCUT2D eigenvalue weighted by Crippen LogP contribution is 2.27. The predicted molar refractivity (Wildman–Crippen MR) is 65.4 cm³/mol. The number of carbonyl (C=O) groups is 2. The summed E-state index contributed by atoms with van der Waals surface area (Å²) in [5.74, 6) is -1.32. The van der Waals surface area contributed by atoms with Crippen molar-refractivity contribution >= 4 is 23.2 Å². The van der Waals surface area contributed by atoms with Crippen LogP contribution in [0.5, 0.6) is 0 Å². The van der Waals surface area contributed by atoms with Gasteiger partial charge in [-0.1, -0.05) is 20.8 Å². The van der Waals surface area contributed by atoms with E-state index in [-0.39, 0.29) is 17.9 Å². The predicted octanol–water partition coefficient (Wildman–Crippen LogP) is 1.60. The van der Waals surface area contributed by atoms with Crippen molar-refractivity contribution in [3.63, 3.8) is 0 Å². The van der Waals surface area contributed by atoms with Crippen LogP contribution in [0.4, 0.5) is 0 Å². The zero-order valence-corrected chi connectivity index (χ0v) is 11.2. The Labute approximate surface area is 104 Å². The van der Waals surface area contributed by atoms with Crippen LogP contribution < -0.4 is 0 Å². The van der Waals surface area contributed by atoms with E-state index in [1.165, 1.54) is 23.3 Å². The maximum atomic E-state index is 12.0. The van der Waals surface area contributed by atoms with Crippen LogP contribution in [0.1, 0.15) is 36.1 Å². The Morgan fingerprint density at radius 1 is 1.47 bits per heavy atom. The molecule has 0 saturated heterocycles. The van der Waals surface area contributed by atoms with Crippen molar-refractivity contribution in [3.05, 3.63) is 16.1 Å². The van der Waals surface area contributed by atoms with Crippen LogP contribution in [0.3, 0.4) is 0 Å². The van der Waals surface area contributed by atoms with Gasteiger partial charge < -0.3 is 10.0 Å². The Hall–Kier alpha value is -1.43. The van der Waals surface area contributed by atoms with Gasteiger partial charge in [0.25, 0.3) is 5.91 Å². The lowest BCUT2D eigenvalue weighted by Crippen LogP contribution is -2.33. The number of thiazole rings is 1. The van der Waals surface area contributed by atoms with E-state index in [1.807, 2.05) is 20.8 Å². The first kappa shape index (κ1) is 13.6. The first-order valence-corrected chi connectivity index (χ1v) is 6.02. The summed E-state index contributed by atoms with van der Waals surface area (Å²) in [7, 11) is 1.47. The van der Waals surface area contributed by atoms with Crippen LogP contribution in [0.2, 0.25) is 0 Å². The fourth-order valence-electron chi connectivity index (χ4n) is 1.38. The molecule has 1 aromatic rings. The molecule has 0 bridgehead atoms. The largest absolute Gasteiger partial charge is 0.480 e. The number of aromatic nitrogens is 1. The Bertz CT molecular complexity index is 434. The zero-order valence-electron chi connectivity index (χ0n) is 10.4. The second-order valence-corrected chi connectivity index (χ2v) is 5.69. The smallest absolute Gasteiger partial charge is 0.323 e. The van der Waals surface area contributed by atoms with Crippen LogP contribution in [0.25, 0.3) is 0 Å². The Morgan fingerprint density at radius 2 is 2.06 bits per heavy atom. The van der Waals surface area contributed by atoms with Crippen molar-refractivity contribution in [3.8, 4) is 0 Å². The molecule has 0 atom stereocenters. The minimum Gasteiger partial charge on any atom is -0.480 e. The maximum absolute atomic E-state index is 12.0. The maximum Gasteiger partial charge on any atom is 0.323 e. The quantitative estimate of drug-likeness (QED) is 0.891. The number of hydrogen-bond acceptors (Lipinski definition) is 4. The van der Waals surface area contributed by atoms with Gasteiger partial charge in [0.2, 0.25) is 0 Å².